The molecule has 5 nitrogen and oxygen atoms in total. The van der Waals surface area contributed by atoms with Crippen molar-refractivity contribution in [2.75, 3.05) is 47.5 Å². The monoisotopic (exact) mass is 334 g/mol. The van der Waals surface area contributed by atoms with Gasteiger partial charge in [-0.05, 0) is 17.7 Å². The molecule has 0 spiro atoms. The number of rotatable bonds is 5. The number of piperazine rings is 1. The fraction of sp³-hybridized carbons (Fsp3) is 0.600. The number of nitrogens with zero attached hydrogens (tertiary/aromatic N) is 1. The summed E-state index contributed by atoms with van der Waals surface area (Å²) < 4.78 is 56.5. The van der Waals surface area contributed by atoms with Gasteiger partial charge >= 0.3 is 6.18 Å². The van der Waals surface area contributed by atoms with Crippen LogP contribution in [0.3, 0.4) is 0 Å². The molecule has 1 atom stereocenters. The Labute approximate surface area is 133 Å². The van der Waals surface area contributed by atoms with Crippen LogP contribution in [0.1, 0.15) is 11.6 Å². The van der Waals surface area contributed by atoms with Crippen molar-refractivity contribution in [3.8, 4) is 17.2 Å². The van der Waals surface area contributed by atoms with Gasteiger partial charge in [-0.25, -0.2) is 0 Å². The largest absolute Gasteiger partial charge is 0.493 e. The number of ether oxygens (including phenoxy) is 3. The first-order chi connectivity index (χ1) is 10.9. The van der Waals surface area contributed by atoms with Crippen LogP contribution in [0.2, 0.25) is 0 Å². The van der Waals surface area contributed by atoms with Crippen LogP contribution in [0.15, 0.2) is 12.1 Å². The second-order valence-corrected chi connectivity index (χ2v) is 5.19. The van der Waals surface area contributed by atoms with Gasteiger partial charge in [-0.3, -0.25) is 4.90 Å². The van der Waals surface area contributed by atoms with E-state index in [1.807, 2.05) is 0 Å². The van der Waals surface area contributed by atoms with Crippen molar-refractivity contribution in [3.05, 3.63) is 17.7 Å². The van der Waals surface area contributed by atoms with E-state index in [0.29, 0.717) is 26.2 Å². The van der Waals surface area contributed by atoms with Crippen LogP contribution in [0, 0.1) is 0 Å². The number of nitrogens with one attached hydrogen (secondary N) is 1. The number of hydrogen-bond donors (Lipinski definition) is 1. The van der Waals surface area contributed by atoms with Crippen molar-refractivity contribution >= 4 is 0 Å². The second-order valence-electron chi connectivity index (χ2n) is 5.19. The van der Waals surface area contributed by atoms with E-state index in [1.54, 1.807) is 0 Å². The summed E-state index contributed by atoms with van der Waals surface area (Å²) in [5.41, 5.74) is 0.0777. The quantitative estimate of drug-likeness (QED) is 0.894. The first-order valence-corrected chi connectivity index (χ1v) is 7.23. The van der Waals surface area contributed by atoms with Crippen LogP contribution in [0.25, 0.3) is 0 Å². The predicted molar refractivity (Wildman–Crippen MR) is 79.3 cm³/mol. The molecule has 0 bridgehead atoms. The molecule has 23 heavy (non-hydrogen) atoms. The summed E-state index contributed by atoms with van der Waals surface area (Å²) in [4.78, 5) is 1.41. The summed E-state index contributed by atoms with van der Waals surface area (Å²) in [6.45, 7) is 1.69. The van der Waals surface area contributed by atoms with Gasteiger partial charge < -0.3 is 19.5 Å². The zero-order chi connectivity index (χ0) is 17.0. The zero-order valence-electron chi connectivity index (χ0n) is 13.4. The maximum atomic E-state index is 13.7. The summed E-state index contributed by atoms with van der Waals surface area (Å²) in [6, 6.07) is 1.02. The maximum absolute atomic E-state index is 13.7. The zero-order valence-corrected chi connectivity index (χ0v) is 13.4. The standard InChI is InChI=1S/C15H21F3N2O3/c1-21-11-8-10(9-12(22-2)13(11)23-3)14(15(16,17)18)20-6-4-19-5-7-20/h8-9,14,19H,4-7H2,1-3H3/t14-/m0/s1. The third kappa shape index (κ3) is 3.81. The van der Waals surface area contributed by atoms with E-state index in [0.717, 1.165) is 0 Å². The molecule has 8 heteroatoms. The number of halogens is 3. The van der Waals surface area contributed by atoms with Gasteiger partial charge in [0.05, 0.1) is 21.3 Å². The van der Waals surface area contributed by atoms with E-state index < -0.39 is 12.2 Å². The Morgan fingerprint density at radius 3 is 1.91 bits per heavy atom. The van der Waals surface area contributed by atoms with Crippen LogP contribution in [-0.2, 0) is 0 Å². The first kappa shape index (κ1) is 17.7. The van der Waals surface area contributed by atoms with Crippen molar-refractivity contribution in [2.45, 2.75) is 12.2 Å². The molecule has 1 aliphatic rings. The normalized spacial score (nSPS) is 17.7. The molecule has 0 amide bonds. The lowest BCUT2D eigenvalue weighted by Gasteiger charge is -2.36. The van der Waals surface area contributed by atoms with E-state index in [4.69, 9.17) is 14.2 Å². The third-order valence-electron chi connectivity index (χ3n) is 3.83. The van der Waals surface area contributed by atoms with Crippen LogP contribution in [0.4, 0.5) is 13.2 Å². The Kier molecular flexibility index (Phi) is 5.59. The minimum Gasteiger partial charge on any atom is -0.493 e. The second kappa shape index (κ2) is 7.27. The molecule has 1 N–H and O–H groups in total. The highest BCUT2D eigenvalue weighted by Crippen LogP contribution is 2.45. The molecule has 1 saturated heterocycles. The highest BCUT2D eigenvalue weighted by atomic mass is 19.4. The maximum Gasteiger partial charge on any atom is 0.408 e. The summed E-state index contributed by atoms with van der Waals surface area (Å²) in [7, 11) is 4.18. The molecule has 0 aliphatic carbocycles. The fourth-order valence-electron chi connectivity index (χ4n) is 2.81. The van der Waals surface area contributed by atoms with Crippen LogP contribution < -0.4 is 19.5 Å². The minimum atomic E-state index is -4.40. The summed E-state index contributed by atoms with van der Waals surface area (Å²) in [5, 5.41) is 3.06. The molecule has 130 valence electrons. The number of alkyl halides is 3. The Morgan fingerprint density at radius 2 is 1.52 bits per heavy atom. The highest BCUT2D eigenvalue weighted by molar-refractivity contribution is 5.54. The topological polar surface area (TPSA) is 43.0 Å². The molecule has 2 rings (SSSR count). The molecule has 1 aromatic rings. The number of benzene rings is 1. The molecular formula is C15H21F3N2O3. The molecule has 1 heterocycles. The van der Waals surface area contributed by atoms with Crippen molar-refractivity contribution in [3.63, 3.8) is 0 Å². The van der Waals surface area contributed by atoms with E-state index >= 15 is 0 Å². The average molecular weight is 334 g/mol. The van der Waals surface area contributed by atoms with Crippen molar-refractivity contribution < 1.29 is 27.4 Å². The van der Waals surface area contributed by atoms with Gasteiger partial charge in [0.15, 0.2) is 11.5 Å². The highest BCUT2D eigenvalue weighted by Gasteiger charge is 2.45. The molecular weight excluding hydrogens is 313 g/mol. The van der Waals surface area contributed by atoms with E-state index in [-0.39, 0.29) is 22.8 Å². The predicted octanol–water partition coefficient (Wildman–Crippen LogP) is 2.22. The minimum absolute atomic E-state index is 0.0777. The smallest absolute Gasteiger partial charge is 0.408 e. The van der Waals surface area contributed by atoms with Crippen molar-refractivity contribution in [2.24, 2.45) is 0 Å². The SMILES string of the molecule is COc1cc([C@H](N2CCNCC2)C(F)(F)F)cc(OC)c1OC. The van der Waals surface area contributed by atoms with E-state index in [9.17, 15) is 13.2 Å². The van der Waals surface area contributed by atoms with Crippen LogP contribution >= 0.6 is 0 Å². The third-order valence-corrected chi connectivity index (χ3v) is 3.83. The van der Waals surface area contributed by atoms with Gasteiger partial charge in [0.25, 0.3) is 0 Å². The summed E-state index contributed by atoms with van der Waals surface area (Å²) in [6.07, 6.45) is -4.40. The van der Waals surface area contributed by atoms with Crippen LogP contribution in [-0.4, -0.2) is 58.6 Å². The first-order valence-electron chi connectivity index (χ1n) is 7.23. The molecule has 0 unspecified atom stereocenters. The Balaban J connectivity index is 2.49. The van der Waals surface area contributed by atoms with Gasteiger partial charge in [0.2, 0.25) is 5.75 Å². The van der Waals surface area contributed by atoms with Crippen LogP contribution in [0.5, 0.6) is 17.2 Å². The van der Waals surface area contributed by atoms with Gasteiger partial charge in [0.1, 0.15) is 6.04 Å². The molecule has 0 saturated carbocycles. The Hall–Kier alpha value is -1.67. The van der Waals surface area contributed by atoms with Gasteiger partial charge in [-0.15, -0.1) is 0 Å². The summed E-state index contributed by atoms with van der Waals surface area (Å²) >= 11 is 0. The lowest BCUT2D eigenvalue weighted by molar-refractivity contribution is -0.187. The van der Waals surface area contributed by atoms with Crippen molar-refractivity contribution in [1.82, 2.24) is 10.2 Å². The van der Waals surface area contributed by atoms with Gasteiger partial charge in [-0.1, -0.05) is 0 Å². The number of hydrogen-bond acceptors (Lipinski definition) is 5. The molecule has 1 fully saturated rings. The molecule has 1 aliphatic heterocycles. The lowest BCUT2D eigenvalue weighted by atomic mass is 10.0. The lowest BCUT2D eigenvalue weighted by Crippen LogP contribution is -2.49. The van der Waals surface area contributed by atoms with Gasteiger partial charge in [0, 0.05) is 26.2 Å². The number of methoxy groups -OCH3 is 3. The Morgan fingerprint density at radius 1 is 1.00 bits per heavy atom. The molecule has 0 radical (unpaired) electrons. The summed E-state index contributed by atoms with van der Waals surface area (Å²) in [5.74, 6) is 0.706. The van der Waals surface area contributed by atoms with E-state index in [1.165, 1.54) is 38.4 Å². The Bertz CT molecular complexity index is 506. The average Bonchev–Trinajstić information content (AvgIpc) is 2.53. The van der Waals surface area contributed by atoms with Gasteiger partial charge in [-0.2, -0.15) is 13.2 Å². The molecule has 1 aromatic carbocycles. The van der Waals surface area contributed by atoms with Crippen molar-refractivity contribution in [1.29, 1.82) is 0 Å². The molecule has 0 aromatic heterocycles. The van der Waals surface area contributed by atoms with E-state index in [2.05, 4.69) is 5.32 Å². The fourth-order valence-corrected chi connectivity index (χ4v) is 2.81.